The lowest BCUT2D eigenvalue weighted by atomic mass is 10.3. The molecule has 0 bridgehead atoms. The second kappa shape index (κ2) is 4.09. The number of nitrogens with one attached hydrogen (secondary N) is 1. The predicted molar refractivity (Wildman–Crippen MR) is 51.5 cm³/mol. The van der Waals surface area contributed by atoms with Gasteiger partial charge in [-0.25, -0.2) is 0 Å². The highest BCUT2D eigenvalue weighted by atomic mass is 16.2. The van der Waals surface area contributed by atoms with E-state index in [1.165, 1.54) is 25.7 Å². The first-order valence-electron chi connectivity index (χ1n) is 5.37. The molecular formula is C10H18N2O. The third-order valence-corrected chi connectivity index (χ3v) is 2.81. The van der Waals surface area contributed by atoms with E-state index >= 15 is 0 Å². The summed E-state index contributed by atoms with van der Waals surface area (Å²) < 4.78 is 0. The van der Waals surface area contributed by atoms with Gasteiger partial charge in [-0.05, 0) is 25.7 Å². The van der Waals surface area contributed by atoms with Crippen molar-refractivity contribution in [2.24, 2.45) is 0 Å². The number of hydrogen-bond donors (Lipinski definition) is 1. The third kappa shape index (κ3) is 2.69. The molecule has 0 unspecified atom stereocenters. The fraction of sp³-hybridized carbons (Fsp3) is 0.900. The Morgan fingerprint density at radius 1 is 1.31 bits per heavy atom. The lowest BCUT2D eigenvalue weighted by Gasteiger charge is -2.14. The summed E-state index contributed by atoms with van der Waals surface area (Å²) in [4.78, 5) is 13.5. The number of rotatable bonds is 4. The highest BCUT2D eigenvalue weighted by Crippen LogP contribution is 2.18. The maximum atomic E-state index is 11.5. The largest absolute Gasteiger partial charge is 0.343 e. The van der Waals surface area contributed by atoms with Gasteiger partial charge < -0.3 is 10.2 Å². The van der Waals surface area contributed by atoms with E-state index in [4.69, 9.17) is 0 Å². The molecule has 1 heterocycles. The van der Waals surface area contributed by atoms with Crippen LogP contribution in [0.15, 0.2) is 0 Å². The van der Waals surface area contributed by atoms with Crippen LogP contribution in [0.5, 0.6) is 0 Å². The summed E-state index contributed by atoms with van der Waals surface area (Å²) in [6, 6.07) is 0.728. The van der Waals surface area contributed by atoms with Crippen molar-refractivity contribution >= 4 is 5.91 Å². The Kier molecular flexibility index (Phi) is 2.83. The minimum atomic E-state index is 0.339. The molecule has 2 aliphatic rings. The first-order chi connectivity index (χ1) is 6.36. The number of hydrogen-bond acceptors (Lipinski definition) is 2. The van der Waals surface area contributed by atoms with Crippen LogP contribution in [-0.4, -0.2) is 36.5 Å². The molecule has 1 saturated carbocycles. The molecule has 3 heteroatoms. The molecule has 13 heavy (non-hydrogen) atoms. The average Bonchev–Trinajstić information content (AvgIpc) is 2.80. The van der Waals surface area contributed by atoms with Crippen molar-refractivity contribution in [3.8, 4) is 0 Å². The second-order valence-corrected chi connectivity index (χ2v) is 4.07. The van der Waals surface area contributed by atoms with Crippen molar-refractivity contribution in [3.05, 3.63) is 0 Å². The maximum Gasteiger partial charge on any atom is 0.223 e. The van der Waals surface area contributed by atoms with Gasteiger partial charge in [0.25, 0.3) is 0 Å². The quantitative estimate of drug-likeness (QED) is 0.696. The van der Waals surface area contributed by atoms with Gasteiger partial charge in [0, 0.05) is 32.1 Å². The highest BCUT2D eigenvalue weighted by molar-refractivity contribution is 5.76. The van der Waals surface area contributed by atoms with E-state index in [1.807, 2.05) is 4.90 Å². The topological polar surface area (TPSA) is 32.3 Å². The Hall–Kier alpha value is -0.570. The van der Waals surface area contributed by atoms with Crippen LogP contribution in [0.1, 0.15) is 32.1 Å². The van der Waals surface area contributed by atoms with E-state index in [-0.39, 0.29) is 0 Å². The summed E-state index contributed by atoms with van der Waals surface area (Å²) in [5.74, 6) is 0.339. The molecule has 3 nitrogen and oxygen atoms in total. The standard InChI is InChI=1S/C10H18N2O/c13-10(12-7-1-2-8-12)5-6-11-9-3-4-9/h9,11H,1-8H2. The minimum absolute atomic E-state index is 0.339. The average molecular weight is 182 g/mol. The molecule has 0 radical (unpaired) electrons. The molecule has 1 saturated heterocycles. The lowest BCUT2D eigenvalue weighted by molar-refractivity contribution is -0.130. The zero-order chi connectivity index (χ0) is 9.10. The van der Waals surface area contributed by atoms with Crippen LogP contribution in [0.3, 0.4) is 0 Å². The van der Waals surface area contributed by atoms with Gasteiger partial charge in [0.15, 0.2) is 0 Å². The van der Waals surface area contributed by atoms with Crippen molar-refractivity contribution in [1.82, 2.24) is 10.2 Å². The lowest BCUT2D eigenvalue weighted by Crippen LogP contribution is -2.31. The Morgan fingerprint density at radius 2 is 2.00 bits per heavy atom. The monoisotopic (exact) mass is 182 g/mol. The SMILES string of the molecule is O=C(CCNC1CC1)N1CCCC1. The molecule has 2 rings (SSSR count). The van der Waals surface area contributed by atoms with E-state index in [0.717, 1.165) is 25.7 Å². The van der Waals surface area contributed by atoms with Crippen LogP contribution in [0.4, 0.5) is 0 Å². The molecule has 0 spiro atoms. The molecule has 74 valence electrons. The number of carbonyl (C=O) groups excluding carboxylic acids is 1. The van der Waals surface area contributed by atoms with Gasteiger partial charge in [0.2, 0.25) is 5.91 Å². The van der Waals surface area contributed by atoms with Gasteiger partial charge in [-0.2, -0.15) is 0 Å². The molecule has 1 amide bonds. The molecule has 2 fully saturated rings. The molecule has 1 N–H and O–H groups in total. The van der Waals surface area contributed by atoms with Crippen molar-refractivity contribution in [2.45, 2.75) is 38.1 Å². The zero-order valence-corrected chi connectivity index (χ0v) is 8.09. The summed E-state index contributed by atoms with van der Waals surface area (Å²) in [5, 5.41) is 3.36. The predicted octanol–water partition coefficient (Wildman–Crippen LogP) is 0.751. The van der Waals surface area contributed by atoms with Gasteiger partial charge >= 0.3 is 0 Å². The van der Waals surface area contributed by atoms with Gasteiger partial charge in [0.05, 0.1) is 0 Å². The maximum absolute atomic E-state index is 11.5. The Balaban J connectivity index is 1.59. The number of carbonyl (C=O) groups is 1. The highest BCUT2D eigenvalue weighted by Gasteiger charge is 2.21. The minimum Gasteiger partial charge on any atom is -0.343 e. The molecule has 0 aromatic carbocycles. The van der Waals surface area contributed by atoms with Crippen molar-refractivity contribution < 1.29 is 4.79 Å². The Labute approximate surface area is 79.5 Å². The first kappa shape index (κ1) is 9.00. The van der Waals surface area contributed by atoms with Crippen LogP contribution >= 0.6 is 0 Å². The third-order valence-electron chi connectivity index (χ3n) is 2.81. The van der Waals surface area contributed by atoms with E-state index in [2.05, 4.69) is 5.32 Å². The van der Waals surface area contributed by atoms with Crippen LogP contribution in [0, 0.1) is 0 Å². The molecule has 1 aliphatic heterocycles. The summed E-state index contributed by atoms with van der Waals surface area (Å²) in [6.07, 6.45) is 5.69. The van der Waals surface area contributed by atoms with Gasteiger partial charge in [0.1, 0.15) is 0 Å². The van der Waals surface area contributed by atoms with Gasteiger partial charge in [-0.15, -0.1) is 0 Å². The number of likely N-dealkylation sites (tertiary alicyclic amines) is 1. The molecular weight excluding hydrogens is 164 g/mol. The van der Waals surface area contributed by atoms with Crippen LogP contribution in [0.2, 0.25) is 0 Å². The number of amides is 1. The molecule has 1 aliphatic carbocycles. The second-order valence-electron chi connectivity index (χ2n) is 4.07. The fourth-order valence-corrected chi connectivity index (χ4v) is 1.80. The van der Waals surface area contributed by atoms with Crippen molar-refractivity contribution in [2.75, 3.05) is 19.6 Å². The smallest absolute Gasteiger partial charge is 0.223 e. The summed E-state index contributed by atoms with van der Waals surface area (Å²) in [7, 11) is 0. The fourth-order valence-electron chi connectivity index (χ4n) is 1.80. The molecule has 0 atom stereocenters. The Bertz CT molecular complexity index is 183. The van der Waals surface area contributed by atoms with Crippen LogP contribution in [-0.2, 0) is 4.79 Å². The van der Waals surface area contributed by atoms with E-state index in [1.54, 1.807) is 0 Å². The van der Waals surface area contributed by atoms with Crippen LogP contribution in [0.25, 0.3) is 0 Å². The van der Waals surface area contributed by atoms with E-state index < -0.39 is 0 Å². The summed E-state index contributed by atoms with van der Waals surface area (Å²) >= 11 is 0. The summed E-state index contributed by atoms with van der Waals surface area (Å²) in [6.45, 7) is 2.85. The van der Waals surface area contributed by atoms with Crippen LogP contribution < -0.4 is 5.32 Å². The van der Waals surface area contributed by atoms with E-state index in [0.29, 0.717) is 12.3 Å². The van der Waals surface area contributed by atoms with Crippen molar-refractivity contribution in [1.29, 1.82) is 0 Å². The zero-order valence-electron chi connectivity index (χ0n) is 8.09. The molecule has 0 aromatic heterocycles. The normalized spacial score (nSPS) is 22.3. The van der Waals surface area contributed by atoms with E-state index in [9.17, 15) is 4.79 Å². The Morgan fingerprint density at radius 3 is 2.62 bits per heavy atom. The van der Waals surface area contributed by atoms with Gasteiger partial charge in [-0.3, -0.25) is 4.79 Å². The summed E-state index contributed by atoms with van der Waals surface area (Å²) in [5.41, 5.74) is 0. The van der Waals surface area contributed by atoms with Crippen molar-refractivity contribution in [3.63, 3.8) is 0 Å². The number of nitrogens with zero attached hydrogens (tertiary/aromatic N) is 1. The van der Waals surface area contributed by atoms with Gasteiger partial charge in [-0.1, -0.05) is 0 Å². The molecule has 0 aromatic rings. The first-order valence-corrected chi connectivity index (χ1v) is 5.37.